The van der Waals surface area contributed by atoms with Crippen LogP contribution >= 0.6 is 0 Å². The van der Waals surface area contributed by atoms with Crippen LogP contribution in [-0.2, 0) is 40.2 Å². The minimum absolute atomic E-state index is 0.0467. The normalized spacial score (nSPS) is 15.8. The summed E-state index contributed by atoms with van der Waals surface area (Å²) in [5.74, 6) is -1.02. The number of carbonyl (C=O) groups is 1. The number of amides is 1. The second-order valence-electron chi connectivity index (χ2n) is 6.55. The van der Waals surface area contributed by atoms with Crippen LogP contribution in [0, 0.1) is 0 Å². The van der Waals surface area contributed by atoms with Gasteiger partial charge in [-0.15, -0.1) is 0 Å². The summed E-state index contributed by atoms with van der Waals surface area (Å²) < 4.78 is 34.9. The van der Waals surface area contributed by atoms with Gasteiger partial charge >= 0.3 is 5.69 Å². The topological polar surface area (TPSA) is 138 Å². The van der Waals surface area contributed by atoms with E-state index >= 15 is 0 Å². The third-order valence-electron chi connectivity index (χ3n) is 4.58. The Labute approximate surface area is 160 Å². The average molecular weight is 414 g/mol. The first kappa shape index (κ1) is 20.2. The number of morpholine rings is 1. The van der Waals surface area contributed by atoms with E-state index in [2.05, 4.69) is 4.98 Å². The van der Waals surface area contributed by atoms with Crippen molar-refractivity contribution >= 4 is 27.1 Å². The van der Waals surface area contributed by atoms with Crippen molar-refractivity contribution in [2.75, 3.05) is 38.6 Å². The van der Waals surface area contributed by atoms with Gasteiger partial charge in [0, 0.05) is 33.7 Å². The summed E-state index contributed by atoms with van der Waals surface area (Å²) in [4.78, 5) is 42.4. The van der Waals surface area contributed by atoms with Gasteiger partial charge in [-0.25, -0.2) is 18.2 Å². The zero-order valence-electron chi connectivity index (χ0n) is 15.6. The van der Waals surface area contributed by atoms with Crippen LogP contribution in [0.4, 0.5) is 0 Å². The number of rotatable bonds is 6. The highest BCUT2D eigenvalue weighted by molar-refractivity contribution is 7.90. The quantitative estimate of drug-likeness (QED) is 0.536. The summed E-state index contributed by atoms with van der Waals surface area (Å²) in [6.45, 7) is 2.28. The molecule has 0 unspecified atom stereocenters. The van der Waals surface area contributed by atoms with E-state index in [1.807, 2.05) is 9.62 Å². The maximum absolute atomic E-state index is 12.4. The summed E-state index contributed by atoms with van der Waals surface area (Å²) in [6, 6.07) is 0. The van der Waals surface area contributed by atoms with Gasteiger partial charge in [0.15, 0.2) is 11.2 Å². The largest absolute Gasteiger partial charge is 0.379 e. The van der Waals surface area contributed by atoms with Gasteiger partial charge in [0.05, 0.1) is 25.3 Å². The lowest BCUT2D eigenvalue weighted by Gasteiger charge is -2.26. The summed E-state index contributed by atoms with van der Waals surface area (Å²) in [5, 5.41) is 0. The molecule has 1 aliphatic heterocycles. The van der Waals surface area contributed by atoms with Gasteiger partial charge in [0.2, 0.25) is 10.0 Å². The number of sulfonamides is 1. The SMILES string of the molecule is Cn1c(=O)c2c(ncn2CC(=O)NS(=O)(=O)CCN2CCOCC2)n(C)c1=O. The van der Waals surface area contributed by atoms with Crippen molar-refractivity contribution in [1.82, 2.24) is 28.3 Å². The van der Waals surface area contributed by atoms with Crippen LogP contribution in [0.25, 0.3) is 11.2 Å². The summed E-state index contributed by atoms with van der Waals surface area (Å²) in [7, 11) is -1.05. The van der Waals surface area contributed by atoms with Gasteiger partial charge in [-0.2, -0.15) is 0 Å². The van der Waals surface area contributed by atoms with E-state index in [0.29, 0.717) is 32.8 Å². The van der Waals surface area contributed by atoms with Crippen LogP contribution in [-0.4, -0.2) is 76.5 Å². The number of ether oxygens (including phenoxy) is 1. The van der Waals surface area contributed by atoms with E-state index in [0.717, 1.165) is 4.57 Å². The van der Waals surface area contributed by atoms with E-state index in [4.69, 9.17) is 4.74 Å². The van der Waals surface area contributed by atoms with Gasteiger partial charge in [-0.3, -0.25) is 28.3 Å². The molecule has 0 saturated carbocycles. The molecule has 0 spiro atoms. The maximum Gasteiger partial charge on any atom is 0.332 e. The Kier molecular flexibility index (Phi) is 5.67. The molecule has 0 bridgehead atoms. The van der Waals surface area contributed by atoms with Crippen molar-refractivity contribution in [3.63, 3.8) is 0 Å². The average Bonchev–Trinajstić information content (AvgIpc) is 3.07. The van der Waals surface area contributed by atoms with Gasteiger partial charge in [-0.1, -0.05) is 0 Å². The van der Waals surface area contributed by atoms with Crippen LogP contribution in [0.3, 0.4) is 0 Å². The Balaban J connectivity index is 1.71. The molecule has 154 valence electrons. The van der Waals surface area contributed by atoms with E-state index in [1.165, 1.54) is 29.6 Å². The first-order chi connectivity index (χ1) is 13.2. The lowest BCUT2D eigenvalue weighted by Crippen LogP contribution is -2.42. The number of hydrogen-bond acceptors (Lipinski definition) is 8. The first-order valence-corrected chi connectivity index (χ1v) is 10.3. The van der Waals surface area contributed by atoms with Crippen molar-refractivity contribution in [3.05, 3.63) is 27.2 Å². The molecule has 3 heterocycles. The molecule has 12 nitrogen and oxygen atoms in total. The van der Waals surface area contributed by atoms with Crippen molar-refractivity contribution in [2.45, 2.75) is 6.54 Å². The highest BCUT2D eigenvalue weighted by atomic mass is 32.2. The number of nitrogens with one attached hydrogen (secondary N) is 1. The lowest BCUT2D eigenvalue weighted by molar-refractivity contribution is -0.119. The Morgan fingerprint density at radius 1 is 1.21 bits per heavy atom. The highest BCUT2D eigenvalue weighted by Gasteiger charge is 2.20. The maximum atomic E-state index is 12.4. The van der Waals surface area contributed by atoms with Gasteiger partial charge in [0.25, 0.3) is 11.5 Å². The van der Waals surface area contributed by atoms with Crippen molar-refractivity contribution < 1.29 is 17.9 Å². The molecule has 0 aliphatic carbocycles. The Morgan fingerprint density at radius 2 is 1.89 bits per heavy atom. The molecule has 28 heavy (non-hydrogen) atoms. The number of carbonyl (C=O) groups excluding carboxylic acids is 1. The molecule has 13 heteroatoms. The van der Waals surface area contributed by atoms with Crippen LogP contribution in [0.15, 0.2) is 15.9 Å². The van der Waals surface area contributed by atoms with Gasteiger partial charge < -0.3 is 9.30 Å². The fraction of sp³-hybridized carbons (Fsp3) is 0.600. The second kappa shape index (κ2) is 7.85. The zero-order valence-corrected chi connectivity index (χ0v) is 16.4. The van der Waals surface area contributed by atoms with Gasteiger partial charge in [-0.05, 0) is 0 Å². The number of hydrogen-bond donors (Lipinski definition) is 1. The van der Waals surface area contributed by atoms with Crippen molar-refractivity contribution in [1.29, 1.82) is 0 Å². The molecule has 1 saturated heterocycles. The molecule has 0 atom stereocenters. The molecule has 2 aromatic rings. The Morgan fingerprint density at radius 3 is 2.57 bits per heavy atom. The van der Waals surface area contributed by atoms with Crippen LogP contribution in [0.1, 0.15) is 0 Å². The van der Waals surface area contributed by atoms with E-state index in [-0.39, 0.29) is 16.9 Å². The van der Waals surface area contributed by atoms with Crippen molar-refractivity contribution in [2.24, 2.45) is 14.1 Å². The summed E-state index contributed by atoms with van der Waals surface area (Å²) in [5.41, 5.74) is -0.988. The number of fused-ring (bicyclic) bond motifs is 1. The Hall–Kier alpha value is -2.51. The monoisotopic (exact) mass is 414 g/mol. The number of aryl methyl sites for hydroxylation is 1. The fourth-order valence-electron chi connectivity index (χ4n) is 3.00. The minimum atomic E-state index is -3.82. The molecule has 1 aliphatic rings. The summed E-state index contributed by atoms with van der Waals surface area (Å²) in [6.07, 6.45) is 1.23. The zero-order chi connectivity index (χ0) is 20.5. The molecule has 0 radical (unpaired) electrons. The first-order valence-electron chi connectivity index (χ1n) is 8.64. The fourth-order valence-corrected chi connectivity index (χ4v) is 4.01. The molecule has 2 aromatic heterocycles. The number of nitrogens with zero attached hydrogens (tertiary/aromatic N) is 5. The lowest BCUT2D eigenvalue weighted by atomic mass is 10.4. The predicted molar refractivity (Wildman–Crippen MR) is 99.4 cm³/mol. The Bertz CT molecular complexity index is 1110. The molecule has 1 fully saturated rings. The molecule has 3 rings (SSSR count). The minimum Gasteiger partial charge on any atom is -0.379 e. The smallest absolute Gasteiger partial charge is 0.332 e. The standard InChI is InChI=1S/C15H22N6O6S/c1-18-13-12(14(23)19(2)15(18)24)21(10-16-13)9-11(22)17-28(25,26)8-5-20-3-6-27-7-4-20/h10H,3-9H2,1-2H3,(H,17,22). The second-order valence-corrected chi connectivity index (χ2v) is 8.39. The van der Waals surface area contributed by atoms with Gasteiger partial charge in [0.1, 0.15) is 6.54 Å². The van der Waals surface area contributed by atoms with Crippen LogP contribution < -0.4 is 16.0 Å². The number of imidazole rings is 1. The molecule has 1 N–H and O–H groups in total. The summed E-state index contributed by atoms with van der Waals surface area (Å²) >= 11 is 0. The molecule has 1 amide bonds. The van der Waals surface area contributed by atoms with Crippen molar-refractivity contribution in [3.8, 4) is 0 Å². The highest BCUT2D eigenvalue weighted by Crippen LogP contribution is 2.05. The van der Waals surface area contributed by atoms with E-state index < -0.39 is 33.7 Å². The third-order valence-corrected chi connectivity index (χ3v) is 5.84. The number of aromatic nitrogens is 4. The van der Waals surface area contributed by atoms with E-state index in [9.17, 15) is 22.8 Å². The third kappa shape index (κ3) is 4.15. The predicted octanol–water partition coefficient (Wildman–Crippen LogP) is -2.79. The van der Waals surface area contributed by atoms with Crippen LogP contribution in [0.2, 0.25) is 0 Å². The molecular weight excluding hydrogens is 392 g/mol. The van der Waals surface area contributed by atoms with Crippen LogP contribution in [0.5, 0.6) is 0 Å². The van der Waals surface area contributed by atoms with E-state index in [1.54, 1.807) is 0 Å². The molecular formula is C15H22N6O6S. The molecule has 0 aromatic carbocycles.